The van der Waals surface area contributed by atoms with E-state index in [9.17, 15) is 4.79 Å². The van der Waals surface area contributed by atoms with Crippen LogP contribution in [0.4, 0.5) is 5.82 Å². The smallest absolute Gasteiger partial charge is 0.267 e. The molecule has 0 aliphatic carbocycles. The van der Waals surface area contributed by atoms with Gasteiger partial charge >= 0.3 is 0 Å². The summed E-state index contributed by atoms with van der Waals surface area (Å²) in [6, 6.07) is 0. The molecule has 90 valence electrons. The van der Waals surface area contributed by atoms with Crippen molar-refractivity contribution >= 4 is 21.7 Å². The zero-order valence-corrected chi connectivity index (χ0v) is 11.6. The third-order valence-corrected chi connectivity index (χ3v) is 3.43. The summed E-state index contributed by atoms with van der Waals surface area (Å²) in [6.45, 7) is 4.93. The maximum atomic E-state index is 11.3. The Morgan fingerprint density at radius 1 is 1.56 bits per heavy atom. The summed E-state index contributed by atoms with van der Waals surface area (Å²) in [7, 11) is 4.03. The second-order valence-electron chi connectivity index (χ2n) is 4.45. The predicted molar refractivity (Wildman–Crippen MR) is 68.8 cm³/mol. The zero-order valence-electron chi connectivity index (χ0n) is 9.97. The van der Waals surface area contributed by atoms with Gasteiger partial charge in [0, 0.05) is 12.1 Å². The molecule has 1 heterocycles. The first-order valence-corrected chi connectivity index (χ1v) is 5.78. The molecule has 0 aromatic carbocycles. The summed E-state index contributed by atoms with van der Waals surface area (Å²) in [5.41, 5.74) is -0.191. The number of rotatable bonds is 4. The van der Waals surface area contributed by atoms with Crippen LogP contribution >= 0.6 is 15.9 Å². The number of hydrogen-bond donors (Lipinski definition) is 2. The van der Waals surface area contributed by atoms with Gasteiger partial charge in [-0.3, -0.25) is 4.79 Å². The Hall–Kier alpha value is -0.880. The number of nitrogens with zero attached hydrogens (tertiary/aromatic N) is 2. The van der Waals surface area contributed by atoms with Gasteiger partial charge in [0.1, 0.15) is 10.3 Å². The van der Waals surface area contributed by atoms with Crippen LogP contribution in [0.1, 0.15) is 13.8 Å². The third-order valence-electron chi connectivity index (χ3n) is 2.70. The molecule has 2 N–H and O–H groups in total. The van der Waals surface area contributed by atoms with Crippen molar-refractivity contribution in [1.82, 2.24) is 14.9 Å². The van der Waals surface area contributed by atoms with E-state index in [1.807, 2.05) is 14.1 Å². The van der Waals surface area contributed by atoms with Gasteiger partial charge in [-0.25, -0.2) is 4.98 Å². The number of anilines is 1. The fraction of sp³-hybridized carbons (Fsp3) is 0.600. The molecule has 1 aromatic rings. The summed E-state index contributed by atoms with van der Waals surface area (Å²) in [6.07, 6.45) is 1.39. The first kappa shape index (κ1) is 13.2. The van der Waals surface area contributed by atoms with Crippen molar-refractivity contribution < 1.29 is 0 Å². The molecule has 0 atom stereocenters. The summed E-state index contributed by atoms with van der Waals surface area (Å²) in [5, 5.41) is 3.16. The van der Waals surface area contributed by atoms with Gasteiger partial charge in [-0.2, -0.15) is 0 Å². The summed E-state index contributed by atoms with van der Waals surface area (Å²) >= 11 is 3.20. The number of aromatic nitrogens is 2. The second-order valence-corrected chi connectivity index (χ2v) is 5.25. The largest absolute Gasteiger partial charge is 0.367 e. The van der Waals surface area contributed by atoms with E-state index in [-0.39, 0.29) is 11.1 Å². The first-order chi connectivity index (χ1) is 7.34. The number of aromatic amines is 1. The molecule has 0 saturated heterocycles. The highest BCUT2D eigenvalue weighted by atomic mass is 79.9. The van der Waals surface area contributed by atoms with Gasteiger partial charge in [0.25, 0.3) is 5.56 Å². The Morgan fingerprint density at radius 2 is 2.19 bits per heavy atom. The molecule has 0 fully saturated rings. The number of hydrogen-bond acceptors (Lipinski definition) is 4. The molecule has 16 heavy (non-hydrogen) atoms. The molecule has 5 nitrogen and oxygen atoms in total. The van der Waals surface area contributed by atoms with Crippen LogP contribution in [-0.2, 0) is 0 Å². The van der Waals surface area contributed by atoms with Gasteiger partial charge in [0.05, 0.1) is 6.33 Å². The second kappa shape index (κ2) is 4.97. The van der Waals surface area contributed by atoms with Crippen molar-refractivity contribution in [2.75, 3.05) is 26.0 Å². The van der Waals surface area contributed by atoms with Crippen molar-refractivity contribution in [3.8, 4) is 0 Å². The quantitative estimate of drug-likeness (QED) is 0.876. The van der Waals surface area contributed by atoms with Crippen LogP contribution in [0.25, 0.3) is 0 Å². The average molecular weight is 289 g/mol. The van der Waals surface area contributed by atoms with Gasteiger partial charge < -0.3 is 15.2 Å². The van der Waals surface area contributed by atoms with Crippen molar-refractivity contribution in [3.63, 3.8) is 0 Å². The molecular weight excluding hydrogens is 272 g/mol. The lowest BCUT2D eigenvalue weighted by molar-refractivity contribution is 0.210. The Bertz CT molecular complexity index is 414. The average Bonchev–Trinajstić information content (AvgIpc) is 2.20. The normalized spacial score (nSPS) is 11.9. The van der Waals surface area contributed by atoms with Crippen molar-refractivity contribution in [2.45, 2.75) is 19.4 Å². The van der Waals surface area contributed by atoms with E-state index in [4.69, 9.17) is 0 Å². The zero-order chi connectivity index (χ0) is 12.3. The molecule has 0 radical (unpaired) electrons. The fourth-order valence-electron chi connectivity index (χ4n) is 0.964. The maximum Gasteiger partial charge on any atom is 0.267 e. The molecular formula is C10H17BrN4O. The molecule has 0 aliphatic rings. The van der Waals surface area contributed by atoms with E-state index in [2.05, 4.69) is 50.0 Å². The molecule has 0 aliphatic heterocycles. The number of likely N-dealkylation sites (N-methyl/N-ethyl adjacent to an activating group) is 1. The summed E-state index contributed by atoms with van der Waals surface area (Å²) < 4.78 is 0.435. The molecule has 1 aromatic heterocycles. The minimum Gasteiger partial charge on any atom is -0.367 e. The fourth-order valence-corrected chi connectivity index (χ4v) is 1.32. The minimum absolute atomic E-state index is 0.0102. The van der Waals surface area contributed by atoms with Gasteiger partial charge in [-0.15, -0.1) is 0 Å². The molecule has 6 heteroatoms. The van der Waals surface area contributed by atoms with E-state index in [0.717, 1.165) is 0 Å². The molecule has 0 saturated carbocycles. The highest BCUT2D eigenvalue weighted by Crippen LogP contribution is 2.16. The monoisotopic (exact) mass is 288 g/mol. The lowest BCUT2D eigenvalue weighted by atomic mass is 10.0. The lowest BCUT2D eigenvalue weighted by Gasteiger charge is -2.32. The Kier molecular flexibility index (Phi) is 4.09. The van der Waals surface area contributed by atoms with Crippen LogP contribution in [0.15, 0.2) is 15.6 Å². The topological polar surface area (TPSA) is 61.0 Å². The highest BCUT2D eigenvalue weighted by molar-refractivity contribution is 9.10. The van der Waals surface area contributed by atoms with Crippen molar-refractivity contribution in [2.24, 2.45) is 0 Å². The maximum absolute atomic E-state index is 11.3. The first-order valence-electron chi connectivity index (χ1n) is 4.99. The Labute approximate surface area is 103 Å². The van der Waals surface area contributed by atoms with Crippen LogP contribution < -0.4 is 10.9 Å². The van der Waals surface area contributed by atoms with E-state index in [0.29, 0.717) is 16.8 Å². The number of halogens is 1. The molecule has 1 rings (SSSR count). The van der Waals surface area contributed by atoms with E-state index in [1.54, 1.807) is 0 Å². The van der Waals surface area contributed by atoms with Crippen LogP contribution in [-0.4, -0.2) is 41.0 Å². The van der Waals surface area contributed by atoms with Crippen LogP contribution in [0.2, 0.25) is 0 Å². The number of nitrogens with one attached hydrogen (secondary N) is 2. The highest BCUT2D eigenvalue weighted by Gasteiger charge is 2.20. The third kappa shape index (κ3) is 3.05. The van der Waals surface area contributed by atoms with E-state index in [1.165, 1.54) is 6.33 Å². The predicted octanol–water partition coefficient (Wildman–Crippen LogP) is 1.28. The van der Waals surface area contributed by atoms with Gasteiger partial charge in [0.2, 0.25) is 0 Å². The summed E-state index contributed by atoms with van der Waals surface area (Å²) in [4.78, 5) is 20.0. The SMILES string of the molecule is CN(C)C(C)(C)CNc1nc[nH]c(=O)c1Br. The number of H-pyrrole nitrogens is 1. The van der Waals surface area contributed by atoms with Gasteiger partial charge in [0.15, 0.2) is 0 Å². The van der Waals surface area contributed by atoms with Crippen molar-refractivity contribution in [1.29, 1.82) is 0 Å². The minimum atomic E-state index is -0.180. The van der Waals surface area contributed by atoms with Crippen LogP contribution in [0, 0.1) is 0 Å². The molecule has 0 spiro atoms. The summed E-state index contributed by atoms with van der Waals surface area (Å²) in [5.74, 6) is 0.568. The Balaban J connectivity index is 2.76. The van der Waals surface area contributed by atoms with E-state index < -0.39 is 0 Å². The van der Waals surface area contributed by atoms with Gasteiger partial charge in [-0.1, -0.05) is 0 Å². The van der Waals surface area contributed by atoms with Crippen LogP contribution in [0.3, 0.4) is 0 Å². The van der Waals surface area contributed by atoms with E-state index >= 15 is 0 Å². The lowest BCUT2D eigenvalue weighted by Crippen LogP contribution is -2.44. The molecule has 0 unspecified atom stereocenters. The molecule has 0 bridgehead atoms. The molecule has 0 amide bonds. The van der Waals surface area contributed by atoms with Gasteiger partial charge in [-0.05, 0) is 43.9 Å². The standard InChI is InChI=1S/C10H17BrN4O/c1-10(2,15(3)4)5-12-8-7(11)9(16)14-6-13-8/h6H,5H2,1-4H3,(H2,12,13,14,16). The van der Waals surface area contributed by atoms with Crippen LogP contribution in [0.5, 0.6) is 0 Å². The van der Waals surface area contributed by atoms with Crippen molar-refractivity contribution in [3.05, 3.63) is 21.2 Å². The Morgan fingerprint density at radius 3 is 2.75 bits per heavy atom.